The molecule has 0 saturated carbocycles. The number of amides is 1. The van der Waals surface area contributed by atoms with Crippen LogP contribution >= 0.6 is 11.8 Å². The lowest BCUT2D eigenvalue weighted by molar-refractivity contribution is 0.0939. The fourth-order valence-electron chi connectivity index (χ4n) is 2.39. The van der Waals surface area contributed by atoms with Crippen LogP contribution in [0.25, 0.3) is 0 Å². The highest BCUT2D eigenvalue weighted by Crippen LogP contribution is 2.21. The van der Waals surface area contributed by atoms with E-state index in [1.165, 1.54) is 5.56 Å². The molecule has 22 heavy (non-hydrogen) atoms. The van der Waals surface area contributed by atoms with Crippen LogP contribution in [0.1, 0.15) is 22.0 Å². The van der Waals surface area contributed by atoms with E-state index in [1.807, 2.05) is 62.8 Å². The first-order valence-electron chi connectivity index (χ1n) is 7.26. The maximum absolute atomic E-state index is 12.4. The highest BCUT2D eigenvalue weighted by atomic mass is 32.2. The summed E-state index contributed by atoms with van der Waals surface area (Å²) >= 11 is 1.59. The lowest BCUT2D eigenvalue weighted by Crippen LogP contribution is -2.34. The molecule has 2 aromatic rings. The van der Waals surface area contributed by atoms with Gasteiger partial charge >= 0.3 is 0 Å². The van der Waals surface area contributed by atoms with Gasteiger partial charge in [0.2, 0.25) is 0 Å². The van der Waals surface area contributed by atoms with E-state index < -0.39 is 0 Å². The zero-order valence-electron chi connectivity index (χ0n) is 13.2. The fraction of sp³-hybridized carbons (Fsp3) is 0.278. The second kappa shape index (κ2) is 8.01. The number of thioether (sulfide) groups is 1. The van der Waals surface area contributed by atoms with Crippen molar-refractivity contribution in [2.24, 2.45) is 0 Å². The molecule has 0 saturated heterocycles. The molecule has 0 spiro atoms. The molecular weight excluding hydrogens is 292 g/mol. The molecule has 4 heteroatoms. The van der Waals surface area contributed by atoms with Crippen molar-refractivity contribution in [1.29, 1.82) is 0 Å². The van der Waals surface area contributed by atoms with E-state index in [2.05, 4.69) is 22.3 Å². The van der Waals surface area contributed by atoms with E-state index in [0.29, 0.717) is 6.54 Å². The van der Waals surface area contributed by atoms with Crippen LogP contribution in [-0.2, 0) is 0 Å². The maximum atomic E-state index is 12.4. The van der Waals surface area contributed by atoms with E-state index >= 15 is 0 Å². The Morgan fingerprint density at radius 2 is 1.73 bits per heavy atom. The Morgan fingerprint density at radius 1 is 1.09 bits per heavy atom. The summed E-state index contributed by atoms with van der Waals surface area (Å²) in [7, 11) is 4.05. The van der Waals surface area contributed by atoms with E-state index in [0.717, 1.165) is 10.5 Å². The van der Waals surface area contributed by atoms with Crippen LogP contribution < -0.4 is 5.32 Å². The molecule has 2 rings (SSSR count). The second-order valence-electron chi connectivity index (χ2n) is 5.30. The minimum absolute atomic E-state index is 0.0206. The monoisotopic (exact) mass is 314 g/mol. The first-order chi connectivity index (χ1) is 10.6. The van der Waals surface area contributed by atoms with Crippen LogP contribution in [0.4, 0.5) is 0 Å². The molecule has 0 aliphatic heterocycles. The standard InChI is InChI=1S/C18H22N2OS/c1-20(2)16(14-9-5-4-6-10-14)13-19-18(21)15-11-7-8-12-17(15)22-3/h4-12,16H,13H2,1-3H3,(H,19,21)/t16-/m1/s1. The molecule has 0 aliphatic carbocycles. The Labute approximate surface area is 136 Å². The molecule has 0 bridgehead atoms. The molecule has 3 nitrogen and oxygen atoms in total. The Balaban J connectivity index is 2.08. The predicted octanol–water partition coefficient (Wildman–Crippen LogP) is 3.44. The summed E-state index contributed by atoms with van der Waals surface area (Å²) in [5.74, 6) is -0.0206. The van der Waals surface area contributed by atoms with Crippen LogP contribution in [0.5, 0.6) is 0 Å². The highest BCUT2D eigenvalue weighted by Gasteiger charge is 2.16. The predicted molar refractivity (Wildman–Crippen MR) is 93.4 cm³/mol. The number of carbonyl (C=O) groups excluding carboxylic acids is 1. The Hall–Kier alpha value is -1.78. The molecule has 0 unspecified atom stereocenters. The van der Waals surface area contributed by atoms with Gasteiger partial charge in [-0.1, -0.05) is 42.5 Å². The van der Waals surface area contributed by atoms with Crippen molar-refractivity contribution < 1.29 is 4.79 Å². The maximum Gasteiger partial charge on any atom is 0.252 e. The highest BCUT2D eigenvalue weighted by molar-refractivity contribution is 7.98. The second-order valence-corrected chi connectivity index (χ2v) is 6.15. The number of rotatable bonds is 6. The van der Waals surface area contributed by atoms with Gasteiger partial charge < -0.3 is 10.2 Å². The van der Waals surface area contributed by atoms with E-state index in [-0.39, 0.29) is 11.9 Å². The molecule has 2 aromatic carbocycles. The molecule has 0 aliphatic rings. The van der Waals surface area contributed by atoms with Gasteiger partial charge in [-0.3, -0.25) is 4.79 Å². The summed E-state index contributed by atoms with van der Waals surface area (Å²) < 4.78 is 0. The Kier molecular flexibility index (Phi) is 6.04. The number of nitrogens with zero attached hydrogens (tertiary/aromatic N) is 1. The lowest BCUT2D eigenvalue weighted by atomic mass is 10.1. The third-order valence-corrected chi connectivity index (χ3v) is 4.41. The van der Waals surface area contributed by atoms with Gasteiger partial charge in [0.25, 0.3) is 5.91 Å². The molecule has 1 N–H and O–H groups in total. The average molecular weight is 314 g/mol. The van der Waals surface area contributed by atoms with Crippen LogP contribution in [0.2, 0.25) is 0 Å². The summed E-state index contributed by atoms with van der Waals surface area (Å²) in [6.07, 6.45) is 1.98. The molecule has 1 amide bonds. The van der Waals surface area contributed by atoms with Crippen molar-refractivity contribution in [2.45, 2.75) is 10.9 Å². The third kappa shape index (κ3) is 4.12. The number of hydrogen-bond donors (Lipinski definition) is 1. The number of benzene rings is 2. The molecule has 116 valence electrons. The molecule has 0 heterocycles. The van der Waals surface area contributed by atoms with Crippen molar-refractivity contribution in [3.63, 3.8) is 0 Å². The molecule has 0 radical (unpaired) electrons. The summed E-state index contributed by atoms with van der Waals surface area (Å²) in [5.41, 5.74) is 1.94. The summed E-state index contributed by atoms with van der Waals surface area (Å²) in [4.78, 5) is 15.6. The third-order valence-electron chi connectivity index (χ3n) is 3.62. The van der Waals surface area contributed by atoms with Crippen LogP contribution in [0, 0.1) is 0 Å². The van der Waals surface area contributed by atoms with Gasteiger partial charge in [-0.05, 0) is 38.0 Å². The van der Waals surface area contributed by atoms with Gasteiger partial charge in [0.15, 0.2) is 0 Å². The quantitative estimate of drug-likeness (QED) is 0.829. The van der Waals surface area contributed by atoms with E-state index in [4.69, 9.17) is 0 Å². The molecule has 1 atom stereocenters. The number of likely N-dealkylation sites (N-methyl/N-ethyl adjacent to an activating group) is 1. The number of nitrogens with one attached hydrogen (secondary N) is 1. The van der Waals surface area contributed by atoms with Crippen LogP contribution in [0.3, 0.4) is 0 Å². The first kappa shape index (κ1) is 16.6. The van der Waals surface area contributed by atoms with Crippen LogP contribution in [-0.4, -0.2) is 37.7 Å². The van der Waals surface area contributed by atoms with Crippen molar-refractivity contribution >= 4 is 17.7 Å². The van der Waals surface area contributed by atoms with Gasteiger partial charge in [0.05, 0.1) is 11.6 Å². The zero-order chi connectivity index (χ0) is 15.9. The van der Waals surface area contributed by atoms with Crippen LogP contribution in [0.15, 0.2) is 59.5 Å². The van der Waals surface area contributed by atoms with Gasteiger partial charge in [-0.2, -0.15) is 0 Å². The van der Waals surface area contributed by atoms with Gasteiger partial charge in [-0.25, -0.2) is 0 Å². The first-order valence-corrected chi connectivity index (χ1v) is 8.48. The average Bonchev–Trinajstić information content (AvgIpc) is 2.55. The van der Waals surface area contributed by atoms with Gasteiger partial charge in [-0.15, -0.1) is 11.8 Å². The molecule has 0 fully saturated rings. The normalized spacial score (nSPS) is 12.2. The van der Waals surface area contributed by atoms with Crippen molar-refractivity contribution in [2.75, 3.05) is 26.9 Å². The Morgan fingerprint density at radius 3 is 2.36 bits per heavy atom. The van der Waals surface area contributed by atoms with Crippen molar-refractivity contribution in [1.82, 2.24) is 10.2 Å². The molecular formula is C18H22N2OS. The lowest BCUT2D eigenvalue weighted by Gasteiger charge is -2.25. The number of hydrogen-bond acceptors (Lipinski definition) is 3. The minimum Gasteiger partial charge on any atom is -0.350 e. The summed E-state index contributed by atoms with van der Waals surface area (Å²) in [6.45, 7) is 0.582. The van der Waals surface area contributed by atoms with E-state index in [9.17, 15) is 4.79 Å². The SMILES string of the molecule is CSc1ccccc1C(=O)NC[C@H](c1ccccc1)N(C)C. The minimum atomic E-state index is -0.0206. The van der Waals surface area contributed by atoms with Gasteiger partial charge in [0, 0.05) is 11.4 Å². The smallest absolute Gasteiger partial charge is 0.252 e. The zero-order valence-corrected chi connectivity index (χ0v) is 14.1. The topological polar surface area (TPSA) is 32.3 Å². The van der Waals surface area contributed by atoms with E-state index in [1.54, 1.807) is 11.8 Å². The van der Waals surface area contributed by atoms with Gasteiger partial charge in [0.1, 0.15) is 0 Å². The largest absolute Gasteiger partial charge is 0.350 e. The summed E-state index contributed by atoms with van der Waals surface area (Å²) in [5, 5.41) is 3.06. The Bertz CT molecular complexity index is 613. The number of carbonyl (C=O) groups is 1. The summed E-state index contributed by atoms with van der Waals surface area (Å²) in [6, 6.07) is 18.1. The fourth-order valence-corrected chi connectivity index (χ4v) is 2.99. The van der Waals surface area contributed by atoms with Crippen molar-refractivity contribution in [3.8, 4) is 0 Å². The molecule has 0 aromatic heterocycles. The van der Waals surface area contributed by atoms with Crippen molar-refractivity contribution in [3.05, 3.63) is 65.7 Å².